The standard InChI is InChI=1S/C33H34N2OS/c1-24(2)28-20-19-25(3)23-31(28)36-22-12-21-35-30-18-11-10-17-29(30)34-33(35)32(26-13-6-4-7-14-26)37-27-15-8-5-9-16-27/h4-11,13-20,23-24,32H,12,21-22H2,1-3H3. The molecule has 4 heteroatoms. The van der Waals surface area contributed by atoms with Gasteiger partial charge in [-0.1, -0.05) is 86.6 Å². The lowest BCUT2D eigenvalue weighted by Crippen LogP contribution is -2.11. The smallest absolute Gasteiger partial charge is 0.127 e. The van der Waals surface area contributed by atoms with Gasteiger partial charge in [-0.05, 0) is 66.3 Å². The number of ether oxygens (including phenoxy) is 1. The van der Waals surface area contributed by atoms with Gasteiger partial charge in [0, 0.05) is 11.4 Å². The first-order chi connectivity index (χ1) is 18.1. The molecule has 4 aromatic carbocycles. The molecule has 37 heavy (non-hydrogen) atoms. The van der Waals surface area contributed by atoms with Gasteiger partial charge in [0.15, 0.2) is 0 Å². The number of para-hydroxylation sites is 2. The average molecular weight is 507 g/mol. The van der Waals surface area contributed by atoms with Crippen LogP contribution in [0.2, 0.25) is 0 Å². The summed E-state index contributed by atoms with van der Waals surface area (Å²) < 4.78 is 8.73. The second-order valence-electron chi connectivity index (χ2n) is 9.73. The Morgan fingerprint density at radius 1 is 0.838 bits per heavy atom. The number of hydrogen-bond acceptors (Lipinski definition) is 3. The molecule has 3 nitrogen and oxygen atoms in total. The van der Waals surface area contributed by atoms with E-state index in [1.54, 1.807) is 0 Å². The number of fused-ring (bicyclic) bond motifs is 1. The van der Waals surface area contributed by atoms with Gasteiger partial charge >= 0.3 is 0 Å². The molecule has 1 atom stereocenters. The van der Waals surface area contributed by atoms with E-state index < -0.39 is 0 Å². The average Bonchev–Trinajstić information content (AvgIpc) is 3.29. The number of thioether (sulfide) groups is 1. The summed E-state index contributed by atoms with van der Waals surface area (Å²) in [6.07, 6.45) is 0.899. The Morgan fingerprint density at radius 2 is 1.54 bits per heavy atom. The molecule has 0 aliphatic carbocycles. The fraction of sp³-hybridized carbons (Fsp3) is 0.242. The molecule has 0 radical (unpaired) electrons. The molecule has 0 N–H and O–H groups in total. The van der Waals surface area contributed by atoms with Gasteiger partial charge < -0.3 is 9.30 Å². The largest absolute Gasteiger partial charge is 0.493 e. The topological polar surface area (TPSA) is 27.1 Å². The van der Waals surface area contributed by atoms with E-state index in [2.05, 4.69) is 128 Å². The van der Waals surface area contributed by atoms with Crippen molar-refractivity contribution in [3.05, 3.63) is 126 Å². The first-order valence-corrected chi connectivity index (χ1v) is 13.9. The summed E-state index contributed by atoms with van der Waals surface area (Å²) in [5.74, 6) is 2.52. The first-order valence-electron chi connectivity index (χ1n) is 13.1. The Kier molecular flexibility index (Phi) is 7.96. The highest BCUT2D eigenvalue weighted by Crippen LogP contribution is 2.41. The minimum atomic E-state index is 0.0845. The van der Waals surface area contributed by atoms with Crippen LogP contribution in [0, 0.1) is 6.92 Å². The summed E-state index contributed by atoms with van der Waals surface area (Å²) in [7, 11) is 0. The van der Waals surface area contributed by atoms with Gasteiger partial charge in [0.05, 0.1) is 22.9 Å². The Bertz CT molecular complexity index is 1440. The van der Waals surface area contributed by atoms with E-state index >= 15 is 0 Å². The van der Waals surface area contributed by atoms with Gasteiger partial charge in [0.25, 0.3) is 0 Å². The molecule has 0 aliphatic heterocycles. The zero-order valence-electron chi connectivity index (χ0n) is 21.8. The quantitative estimate of drug-likeness (QED) is 0.140. The highest BCUT2D eigenvalue weighted by atomic mass is 32.2. The maximum atomic E-state index is 6.33. The summed E-state index contributed by atoms with van der Waals surface area (Å²) in [5.41, 5.74) is 5.96. The van der Waals surface area contributed by atoms with Crippen molar-refractivity contribution in [2.75, 3.05) is 6.61 Å². The second-order valence-corrected chi connectivity index (χ2v) is 10.9. The van der Waals surface area contributed by atoms with Crippen LogP contribution < -0.4 is 4.74 Å². The van der Waals surface area contributed by atoms with Gasteiger partial charge in [-0.2, -0.15) is 0 Å². The van der Waals surface area contributed by atoms with E-state index in [4.69, 9.17) is 9.72 Å². The lowest BCUT2D eigenvalue weighted by atomic mass is 10.0. The number of nitrogens with zero attached hydrogens (tertiary/aromatic N) is 2. The van der Waals surface area contributed by atoms with Gasteiger partial charge in [0.2, 0.25) is 0 Å². The molecule has 0 saturated heterocycles. The maximum absolute atomic E-state index is 6.33. The van der Waals surface area contributed by atoms with Gasteiger partial charge in [-0.3, -0.25) is 0 Å². The first kappa shape index (κ1) is 25.2. The number of aromatic nitrogens is 2. The fourth-order valence-electron chi connectivity index (χ4n) is 4.71. The molecule has 1 aromatic heterocycles. The lowest BCUT2D eigenvalue weighted by molar-refractivity contribution is 0.298. The molecule has 0 bridgehead atoms. The zero-order chi connectivity index (χ0) is 25.6. The zero-order valence-corrected chi connectivity index (χ0v) is 22.6. The Balaban J connectivity index is 1.43. The molecule has 188 valence electrons. The summed E-state index contributed by atoms with van der Waals surface area (Å²) in [4.78, 5) is 6.41. The third kappa shape index (κ3) is 5.91. The van der Waals surface area contributed by atoms with Crippen LogP contribution in [0.3, 0.4) is 0 Å². The van der Waals surface area contributed by atoms with Crippen LogP contribution in [0.15, 0.2) is 108 Å². The number of rotatable bonds is 10. The molecule has 5 aromatic rings. The van der Waals surface area contributed by atoms with Gasteiger partial charge in [0.1, 0.15) is 11.6 Å². The van der Waals surface area contributed by atoms with Crippen molar-refractivity contribution in [3.8, 4) is 5.75 Å². The minimum Gasteiger partial charge on any atom is -0.493 e. The Labute approximate surface area is 224 Å². The van der Waals surface area contributed by atoms with Crippen LogP contribution in [0.5, 0.6) is 5.75 Å². The van der Waals surface area contributed by atoms with Crippen molar-refractivity contribution in [1.82, 2.24) is 9.55 Å². The van der Waals surface area contributed by atoms with E-state index in [9.17, 15) is 0 Å². The SMILES string of the molecule is Cc1ccc(C(C)C)c(OCCCn2c(C(Sc3ccccc3)c3ccccc3)nc3ccccc32)c1. The third-order valence-corrected chi connectivity index (χ3v) is 7.86. The molecule has 0 amide bonds. The molecule has 1 unspecified atom stereocenters. The van der Waals surface area contributed by atoms with Crippen LogP contribution in [-0.2, 0) is 6.54 Å². The van der Waals surface area contributed by atoms with E-state index in [0.717, 1.165) is 30.1 Å². The molecule has 0 spiro atoms. The van der Waals surface area contributed by atoms with E-state index in [-0.39, 0.29) is 5.25 Å². The molecular weight excluding hydrogens is 472 g/mol. The van der Waals surface area contributed by atoms with Crippen molar-refractivity contribution in [1.29, 1.82) is 0 Å². The summed E-state index contributed by atoms with van der Waals surface area (Å²) >= 11 is 1.85. The Morgan fingerprint density at radius 3 is 2.30 bits per heavy atom. The maximum Gasteiger partial charge on any atom is 0.127 e. The third-order valence-electron chi connectivity index (χ3n) is 6.59. The summed E-state index contributed by atoms with van der Waals surface area (Å²) in [5, 5.41) is 0.0845. The lowest BCUT2D eigenvalue weighted by Gasteiger charge is -2.20. The minimum absolute atomic E-state index is 0.0845. The second kappa shape index (κ2) is 11.7. The van der Waals surface area contributed by atoms with Crippen molar-refractivity contribution < 1.29 is 4.74 Å². The normalized spacial score (nSPS) is 12.2. The number of imidazole rings is 1. The van der Waals surface area contributed by atoms with E-state index in [1.807, 2.05) is 11.8 Å². The van der Waals surface area contributed by atoms with Crippen LogP contribution in [0.1, 0.15) is 54.0 Å². The summed E-state index contributed by atoms with van der Waals surface area (Å²) in [6, 6.07) is 36.3. The van der Waals surface area contributed by atoms with E-state index in [1.165, 1.54) is 27.1 Å². The molecule has 1 heterocycles. The fourth-order valence-corrected chi connectivity index (χ4v) is 5.88. The van der Waals surface area contributed by atoms with Crippen molar-refractivity contribution >= 4 is 22.8 Å². The number of hydrogen-bond donors (Lipinski definition) is 0. The summed E-state index contributed by atoms with van der Waals surface area (Å²) in [6.45, 7) is 8.06. The molecular formula is C33H34N2OS. The predicted molar refractivity (Wildman–Crippen MR) is 156 cm³/mol. The number of aryl methyl sites for hydroxylation is 2. The van der Waals surface area contributed by atoms with E-state index in [0.29, 0.717) is 12.5 Å². The molecule has 0 aliphatic rings. The molecule has 0 fully saturated rings. The monoisotopic (exact) mass is 506 g/mol. The van der Waals surface area contributed by atoms with Crippen LogP contribution >= 0.6 is 11.8 Å². The highest BCUT2D eigenvalue weighted by molar-refractivity contribution is 7.99. The molecule has 5 rings (SSSR count). The van der Waals surface area contributed by atoms with Crippen molar-refractivity contribution in [2.45, 2.75) is 49.8 Å². The van der Waals surface area contributed by atoms with Gasteiger partial charge in [-0.15, -0.1) is 11.8 Å². The van der Waals surface area contributed by atoms with Crippen molar-refractivity contribution in [2.24, 2.45) is 0 Å². The van der Waals surface area contributed by atoms with Crippen LogP contribution in [0.4, 0.5) is 0 Å². The van der Waals surface area contributed by atoms with Crippen LogP contribution in [0.25, 0.3) is 11.0 Å². The van der Waals surface area contributed by atoms with Crippen LogP contribution in [-0.4, -0.2) is 16.2 Å². The predicted octanol–water partition coefficient (Wildman–Crippen LogP) is 8.82. The highest BCUT2D eigenvalue weighted by Gasteiger charge is 2.23. The number of benzene rings is 4. The van der Waals surface area contributed by atoms with Crippen molar-refractivity contribution in [3.63, 3.8) is 0 Å². The van der Waals surface area contributed by atoms with Gasteiger partial charge in [-0.25, -0.2) is 4.98 Å². The Hall–Kier alpha value is -3.50. The molecule has 0 saturated carbocycles.